The predicted molar refractivity (Wildman–Crippen MR) is 97.0 cm³/mol. The summed E-state index contributed by atoms with van der Waals surface area (Å²) < 4.78 is 5.36. The maximum atomic E-state index is 9.37. The second kappa shape index (κ2) is 17.7. The molecule has 1 N–H and O–H groups in total. The zero-order chi connectivity index (χ0) is 17.2. The van der Waals surface area contributed by atoms with Crippen LogP contribution in [-0.4, -0.2) is 48.8 Å². The van der Waals surface area contributed by atoms with Crippen LogP contribution < -0.4 is 0 Å². The van der Waals surface area contributed by atoms with Crippen molar-refractivity contribution in [2.75, 3.05) is 32.8 Å². The van der Waals surface area contributed by atoms with Crippen LogP contribution in [0.4, 0.5) is 0 Å². The Bertz CT molecular complexity index is 253. The maximum absolute atomic E-state index is 9.37. The van der Waals surface area contributed by atoms with Crippen LogP contribution in [0.5, 0.6) is 0 Å². The molecule has 4 heteroatoms. The van der Waals surface area contributed by atoms with Crippen molar-refractivity contribution in [1.29, 1.82) is 0 Å². The molecule has 0 saturated carbocycles. The molecule has 0 spiro atoms. The Morgan fingerprint density at radius 1 is 0.870 bits per heavy atom. The van der Waals surface area contributed by atoms with Gasteiger partial charge < -0.3 is 9.84 Å². The second-order valence-electron chi connectivity index (χ2n) is 6.38. The summed E-state index contributed by atoms with van der Waals surface area (Å²) in [5, 5.41) is 7.72. The van der Waals surface area contributed by atoms with E-state index in [9.17, 15) is 4.79 Å². The SMILES string of the molecule is CCC(=O)O.CCCCCCCCCCCCN1CCOCC1. The molecule has 138 valence electrons. The summed E-state index contributed by atoms with van der Waals surface area (Å²) in [6.07, 6.45) is 14.6. The van der Waals surface area contributed by atoms with Crippen molar-refractivity contribution in [3.8, 4) is 0 Å². The van der Waals surface area contributed by atoms with Gasteiger partial charge in [0, 0.05) is 19.5 Å². The highest BCUT2D eigenvalue weighted by atomic mass is 16.5. The number of aliphatic carboxylic acids is 1. The van der Waals surface area contributed by atoms with E-state index < -0.39 is 5.97 Å². The first kappa shape index (κ1) is 22.4. The first-order chi connectivity index (χ1) is 11.2. The van der Waals surface area contributed by atoms with Gasteiger partial charge in [0.05, 0.1) is 13.2 Å². The first-order valence-electron chi connectivity index (χ1n) is 9.72. The summed E-state index contributed by atoms with van der Waals surface area (Å²) in [5.41, 5.74) is 0. The molecule has 0 aromatic heterocycles. The molecule has 1 aliphatic heterocycles. The summed E-state index contributed by atoms with van der Waals surface area (Å²) in [6.45, 7) is 9.36. The summed E-state index contributed by atoms with van der Waals surface area (Å²) in [6, 6.07) is 0. The van der Waals surface area contributed by atoms with E-state index >= 15 is 0 Å². The topological polar surface area (TPSA) is 49.8 Å². The van der Waals surface area contributed by atoms with Crippen molar-refractivity contribution in [3.05, 3.63) is 0 Å². The fourth-order valence-electron chi connectivity index (χ4n) is 2.65. The Labute approximate surface area is 143 Å². The summed E-state index contributed by atoms with van der Waals surface area (Å²) in [7, 11) is 0. The Kier molecular flexibility index (Phi) is 17.3. The Balaban J connectivity index is 0.000000841. The van der Waals surface area contributed by atoms with Crippen LogP contribution in [-0.2, 0) is 9.53 Å². The number of unbranched alkanes of at least 4 members (excludes halogenated alkanes) is 9. The lowest BCUT2D eigenvalue weighted by atomic mass is 10.1. The molecule has 1 fully saturated rings. The zero-order valence-electron chi connectivity index (χ0n) is 15.5. The molecule has 0 atom stereocenters. The molecule has 0 aromatic carbocycles. The third-order valence-electron chi connectivity index (χ3n) is 4.23. The molecule has 0 aromatic rings. The molecule has 4 nitrogen and oxygen atoms in total. The third kappa shape index (κ3) is 17.6. The monoisotopic (exact) mass is 329 g/mol. The largest absolute Gasteiger partial charge is 0.481 e. The molecule has 0 radical (unpaired) electrons. The van der Waals surface area contributed by atoms with Gasteiger partial charge in [-0.1, -0.05) is 71.6 Å². The van der Waals surface area contributed by atoms with E-state index in [2.05, 4.69) is 11.8 Å². The first-order valence-corrected chi connectivity index (χ1v) is 9.72. The number of rotatable bonds is 12. The number of hydrogen-bond acceptors (Lipinski definition) is 3. The number of nitrogens with zero attached hydrogens (tertiary/aromatic N) is 1. The van der Waals surface area contributed by atoms with Gasteiger partial charge >= 0.3 is 5.97 Å². The van der Waals surface area contributed by atoms with Crippen molar-refractivity contribution >= 4 is 5.97 Å². The highest BCUT2D eigenvalue weighted by molar-refractivity contribution is 5.66. The van der Waals surface area contributed by atoms with E-state index in [0.717, 1.165) is 26.3 Å². The van der Waals surface area contributed by atoms with Gasteiger partial charge in [0.15, 0.2) is 0 Å². The fourth-order valence-corrected chi connectivity index (χ4v) is 2.65. The highest BCUT2D eigenvalue weighted by Crippen LogP contribution is 2.11. The molecule has 1 heterocycles. The van der Waals surface area contributed by atoms with Crippen LogP contribution in [0, 0.1) is 0 Å². The molecule has 0 aliphatic carbocycles. The van der Waals surface area contributed by atoms with Crippen LogP contribution in [0.15, 0.2) is 0 Å². The number of morpholine rings is 1. The lowest BCUT2D eigenvalue weighted by Gasteiger charge is -2.26. The zero-order valence-corrected chi connectivity index (χ0v) is 15.5. The van der Waals surface area contributed by atoms with Gasteiger partial charge in [-0.15, -0.1) is 0 Å². The van der Waals surface area contributed by atoms with Crippen molar-refractivity contribution in [2.24, 2.45) is 0 Å². The fraction of sp³-hybridized carbons (Fsp3) is 0.947. The Hall–Kier alpha value is -0.610. The number of carboxylic acids is 1. The average Bonchev–Trinajstić information content (AvgIpc) is 2.58. The normalized spacial score (nSPS) is 15.0. The number of carbonyl (C=O) groups is 1. The molecule has 1 rings (SSSR count). The van der Waals surface area contributed by atoms with Crippen LogP contribution in [0.2, 0.25) is 0 Å². The average molecular weight is 330 g/mol. The Morgan fingerprint density at radius 2 is 1.30 bits per heavy atom. The van der Waals surface area contributed by atoms with Gasteiger partial charge in [-0.05, 0) is 13.0 Å². The summed E-state index contributed by atoms with van der Waals surface area (Å²) >= 11 is 0. The Morgan fingerprint density at radius 3 is 1.74 bits per heavy atom. The molecular formula is C19H39NO3. The molecule has 0 unspecified atom stereocenters. The molecule has 0 amide bonds. The van der Waals surface area contributed by atoms with E-state index in [4.69, 9.17) is 9.84 Å². The van der Waals surface area contributed by atoms with Crippen LogP contribution in [0.3, 0.4) is 0 Å². The van der Waals surface area contributed by atoms with Gasteiger partial charge in [-0.2, -0.15) is 0 Å². The third-order valence-corrected chi connectivity index (χ3v) is 4.23. The molecular weight excluding hydrogens is 290 g/mol. The number of hydrogen-bond donors (Lipinski definition) is 1. The summed E-state index contributed by atoms with van der Waals surface area (Å²) in [5.74, 6) is -0.745. The van der Waals surface area contributed by atoms with E-state index in [1.165, 1.54) is 70.8 Å². The van der Waals surface area contributed by atoms with E-state index in [1.54, 1.807) is 6.92 Å². The van der Waals surface area contributed by atoms with Crippen molar-refractivity contribution < 1.29 is 14.6 Å². The molecule has 1 aliphatic rings. The van der Waals surface area contributed by atoms with Crippen molar-refractivity contribution in [1.82, 2.24) is 4.90 Å². The van der Waals surface area contributed by atoms with Gasteiger partial charge in [-0.3, -0.25) is 9.69 Å². The number of carboxylic acid groups (broad SMARTS) is 1. The van der Waals surface area contributed by atoms with Crippen LogP contribution in [0.1, 0.15) is 84.5 Å². The van der Waals surface area contributed by atoms with Crippen molar-refractivity contribution in [3.63, 3.8) is 0 Å². The van der Waals surface area contributed by atoms with E-state index in [-0.39, 0.29) is 6.42 Å². The predicted octanol–water partition coefficient (Wildman–Crippen LogP) is 4.72. The van der Waals surface area contributed by atoms with Crippen LogP contribution >= 0.6 is 0 Å². The van der Waals surface area contributed by atoms with Gasteiger partial charge in [0.1, 0.15) is 0 Å². The van der Waals surface area contributed by atoms with E-state index in [0.29, 0.717) is 0 Å². The minimum absolute atomic E-state index is 0.222. The van der Waals surface area contributed by atoms with Gasteiger partial charge in [0.25, 0.3) is 0 Å². The van der Waals surface area contributed by atoms with E-state index in [1.807, 2.05) is 0 Å². The van der Waals surface area contributed by atoms with Crippen molar-refractivity contribution in [2.45, 2.75) is 84.5 Å². The van der Waals surface area contributed by atoms with Gasteiger partial charge in [-0.25, -0.2) is 0 Å². The lowest BCUT2D eigenvalue weighted by Crippen LogP contribution is -2.36. The standard InChI is InChI=1S/C16H33NO.C3H6O2/c1-2-3-4-5-6-7-8-9-10-11-12-17-13-15-18-16-14-17;1-2-3(4)5/h2-16H2,1H3;2H2,1H3,(H,4,5). The van der Waals surface area contributed by atoms with Gasteiger partial charge in [0.2, 0.25) is 0 Å². The second-order valence-corrected chi connectivity index (χ2v) is 6.38. The quantitative estimate of drug-likeness (QED) is 0.526. The maximum Gasteiger partial charge on any atom is 0.303 e. The molecule has 23 heavy (non-hydrogen) atoms. The van der Waals surface area contributed by atoms with Crippen LogP contribution in [0.25, 0.3) is 0 Å². The highest BCUT2D eigenvalue weighted by Gasteiger charge is 2.08. The lowest BCUT2D eigenvalue weighted by molar-refractivity contribution is -0.136. The molecule has 0 bridgehead atoms. The summed E-state index contributed by atoms with van der Waals surface area (Å²) in [4.78, 5) is 11.9. The minimum atomic E-state index is -0.745. The smallest absolute Gasteiger partial charge is 0.303 e. The number of ether oxygens (including phenoxy) is 1. The molecule has 1 saturated heterocycles. The minimum Gasteiger partial charge on any atom is -0.481 e.